The molecular weight excluding hydrogens is 416 g/mol. The minimum Gasteiger partial charge on any atom is -0.379 e. The number of ether oxygens (including phenoxy) is 3. The molecule has 2 heterocycles. The maximum absolute atomic E-state index is 5.49. The van der Waals surface area contributed by atoms with Gasteiger partial charge in [0.1, 0.15) is 6.10 Å². The first-order chi connectivity index (χ1) is 14.0. The molecule has 0 radical (unpaired) electrons. The van der Waals surface area contributed by atoms with Gasteiger partial charge in [-0.1, -0.05) is 0 Å². The highest BCUT2D eigenvalue weighted by atomic mass is 28.4. The third-order valence-electron chi connectivity index (χ3n) is 5.77. The summed E-state index contributed by atoms with van der Waals surface area (Å²) >= 11 is 0. The molecule has 1 aliphatic carbocycles. The molecule has 0 spiro atoms. The van der Waals surface area contributed by atoms with Crippen LogP contribution in [0.15, 0.2) is 0 Å². The van der Waals surface area contributed by atoms with E-state index in [2.05, 4.69) is 0 Å². The van der Waals surface area contributed by atoms with Gasteiger partial charge in [0.05, 0.1) is 25.4 Å². The lowest BCUT2D eigenvalue weighted by Crippen LogP contribution is -2.48. The summed E-state index contributed by atoms with van der Waals surface area (Å²) in [4.78, 5) is 0. The molecule has 0 aromatic rings. The summed E-state index contributed by atoms with van der Waals surface area (Å²) in [5, 5.41) is 0. The van der Waals surface area contributed by atoms with E-state index in [0.29, 0.717) is 37.1 Å². The number of fused-ring (bicyclic) bond motifs is 1. The Labute approximate surface area is 176 Å². The lowest BCUT2D eigenvalue weighted by Gasteiger charge is -2.33. The monoisotopic (exact) mass is 454 g/mol. The minimum absolute atomic E-state index is 0.333. The number of hydrogen-bond donors (Lipinski definition) is 0. The second-order valence-electron chi connectivity index (χ2n) is 7.37. The molecule has 1 saturated carbocycles. The smallest absolute Gasteiger partial charge is 0.379 e. The van der Waals surface area contributed by atoms with Gasteiger partial charge in [0.2, 0.25) is 0 Å². The normalized spacial score (nSPS) is 28.3. The van der Waals surface area contributed by atoms with Crippen LogP contribution in [0.4, 0.5) is 0 Å². The third kappa shape index (κ3) is 7.32. The maximum Gasteiger partial charge on any atom is 0.503 e. The largest absolute Gasteiger partial charge is 0.503 e. The van der Waals surface area contributed by atoms with E-state index in [1.807, 2.05) is 0 Å². The molecule has 172 valence electrons. The van der Waals surface area contributed by atoms with Crippen LogP contribution in [0.1, 0.15) is 25.7 Å². The summed E-state index contributed by atoms with van der Waals surface area (Å²) in [6.07, 6.45) is 5.44. The van der Waals surface area contributed by atoms with Crippen LogP contribution < -0.4 is 0 Å². The van der Waals surface area contributed by atoms with Crippen LogP contribution >= 0.6 is 0 Å². The zero-order chi connectivity index (χ0) is 21.3. The van der Waals surface area contributed by atoms with Gasteiger partial charge in [0, 0.05) is 60.9 Å². The van der Waals surface area contributed by atoms with Crippen molar-refractivity contribution in [3.05, 3.63) is 0 Å². The molecule has 3 fully saturated rings. The van der Waals surface area contributed by atoms with E-state index >= 15 is 0 Å². The molecule has 3 rings (SSSR count). The highest BCUT2D eigenvalue weighted by Crippen LogP contribution is 2.46. The third-order valence-corrected chi connectivity index (χ3v) is 11.8. The van der Waals surface area contributed by atoms with Gasteiger partial charge in [-0.3, -0.25) is 0 Å². The fourth-order valence-corrected chi connectivity index (χ4v) is 8.03. The first kappa shape index (κ1) is 25.3. The number of epoxide rings is 2. The first-order valence-electron chi connectivity index (χ1n) is 10.2. The van der Waals surface area contributed by atoms with Gasteiger partial charge in [-0.2, -0.15) is 0 Å². The molecule has 0 aromatic heterocycles. The average Bonchev–Trinajstić information content (AvgIpc) is 3.68. The Hall–Kier alpha value is 0.0738. The van der Waals surface area contributed by atoms with Gasteiger partial charge in [-0.05, 0) is 25.7 Å². The Morgan fingerprint density at radius 3 is 1.93 bits per heavy atom. The van der Waals surface area contributed by atoms with Crippen LogP contribution in [-0.2, 0) is 40.8 Å². The van der Waals surface area contributed by atoms with Gasteiger partial charge in [-0.25, -0.2) is 0 Å². The standard InChI is InChI=1S/C9H20O5Si.C9H18O4Si/c1-10-15(11-2,12-3)6-4-5-13-7-9-8-14-9;1-10-14(11-2,12-3)7-4-5-8-9(6-7)13-8/h9H,4-8H2,1-3H3;7-9H,4-6H2,1-3H3. The van der Waals surface area contributed by atoms with E-state index in [1.165, 1.54) is 0 Å². The predicted octanol–water partition coefficient (Wildman–Crippen LogP) is 1.86. The quantitative estimate of drug-likeness (QED) is 0.235. The highest BCUT2D eigenvalue weighted by Gasteiger charge is 2.55. The van der Waals surface area contributed by atoms with Crippen LogP contribution in [0.25, 0.3) is 0 Å². The molecule has 0 N–H and O–H groups in total. The summed E-state index contributed by atoms with van der Waals surface area (Å²) in [6, 6.07) is 0.780. The van der Waals surface area contributed by atoms with E-state index in [1.54, 1.807) is 42.7 Å². The summed E-state index contributed by atoms with van der Waals surface area (Å²) in [6.45, 7) is 2.24. The number of hydrogen-bond acceptors (Lipinski definition) is 9. The predicted molar refractivity (Wildman–Crippen MR) is 110 cm³/mol. The minimum atomic E-state index is -2.41. The second-order valence-corrected chi connectivity index (χ2v) is 13.7. The Balaban J connectivity index is 0.000000207. The van der Waals surface area contributed by atoms with E-state index in [-0.39, 0.29) is 0 Å². The molecule has 0 amide bonds. The summed E-state index contributed by atoms with van der Waals surface area (Å²) in [5.41, 5.74) is 0.409. The average molecular weight is 455 g/mol. The summed E-state index contributed by atoms with van der Waals surface area (Å²) in [7, 11) is 5.11. The van der Waals surface area contributed by atoms with Crippen LogP contribution in [0.5, 0.6) is 0 Å². The molecule has 2 saturated heterocycles. The van der Waals surface area contributed by atoms with Gasteiger partial charge in [-0.15, -0.1) is 0 Å². The lowest BCUT2D eigenvalue weighted by atomic mass is 10.0. The fourth-order valence-electron chi connectivity index (χ4n) is 3.80. The molecule has 11 heteroatoms. The van der Waals surface area contributed by atoms with Crippen molar-refractivity contribution in [3.63, 3.8) is 0 Å². The van der Waals surface area contributed by atoms with E-state index in [0.717, 1.165) is 38.3 Å². The van der Waals surface area contributed by atoms with E-state index < -0.39 is 17.6 Å². The van der Waals surface area contributed by atoms with Crippen molar-refractivity contribution in [2.24, 2.45) is 0 Å². The van der Waals surface area contributed by atoms with Gasteiger partial charge in [0.25, 0.3) is 0 Å². The molecule has 9 nitrogen and oxygen atoms in total. The Morgan fingerprint density at radius 1 is 0.828 bits per heavy atom. The lowest BCUT2D eigenvalue weighted by molar-refractivity contribution is 0.100. The molecule has 2 aliphatic heterocycles. The van der Waals surface area contributed by atoms with Crippen LogP contribution in [-0.4, -0.2) is 98.4 Å². The zero-order valence-corrected chi connectivity index (χ0v) is 20.6. The Morgan fingerprint density at radius 2 is 1.45 bits per heavy atom. The van der Waals surface area contributed by atoms with Crippen molar-refractivity contribution < 1.29 is 40.8 Å². The molecule has 4 atom stereocenters. The van der Waals surface area contributed by atoms with Crippen molar-refractivity contribution in [1.29, 1.82) is 0 Å². The molecule has 3 aliphatic rings. The van der Waals surface area contributed by atoms with Crippen LogP contribution in [0.3, 0.4) is 0 Å². The van der Waals surface area contributed by atoms with E-state index in [9.17, 15) is 0 Å². The van der Waals surface area contributed by atoms with Crippen molar-refractivity contribution in [1.82, 2.24) is 0 Å². The SMILES string of the molecule is CO[Si](CCCOCC1CO1)(OC)OC.CO[Si](OC)(OC)C1CCC2OC2C1. The van der Waals surface area contributed by atoms with E-state index in [4.69, 9.17) is 40.8 Å². The van der Waals surface area contributed by atoms with Crippen molar-refractivity contribution >= 4 is 17.6 Å². The molecular formula is C18H38O9Si2. The molecule has 0 aromatic carbocycles. The first-order valence-corrected chi connectivity index (χ1v) is 13.9. The maximum atomic E-state index is 5.49. The second kappa shape index (κ2) is 12.2. The van der Waals surface area contributed by atoms with Gasteiger partial charge < -0.3 is 40.8 Å². The number of rotatable bonds is 13. The van der Waals surface area contributed by atoms with Crippen molar-refractivity contribution in [2.45, 2.75) is 55.6 Å². The van der Waals surface area contributed by atoms with Crippen molar-refractivity contribution in [2.75, 3.05) is 62.5 Å². The summed E-state index contributed by atoms with van der Waals surface area (Å²) < 4.78 is 48.3. The van der Waals surface area contributed by atoms with Crippen molar-refractivity contribution in [3.8, 4) is 0 Å². The summed E-state index contributed by atoms with van der Waals surface area (Å²) in [5.74, 6) is 0. The molecule has 4 unspecified atom stereocenters. The zero-order valence-electron chi connectivity index (χ0n) is 18.6. The van der Waals surface area contributed by atoms with Crippen LogP contribution in [0, 0.1) is 0 Å². The highest BCUT2D eigenvalue weighted by molar-refractivity contribution is 6.62. The molecule has 29 heavy (non-hydrogen) atoms. The van der Waals surface area contributed by atoms with Gasteiger partial charge >= 0.3 is 17.6 Å². The topological polar surface area (TPSA) is 89.7 Å². The Bertz CT molecular complexity index is 442. The molecule has 0 bridgehead atoms. The fraction of sp³-hybridized carbons (Fsp3) is 1.00. The Kier molecular flexibility index (Phi) is 10.7. The van der Waals surface area contributed by atoms with Crippen LogP contribution in [0.2, 0.25) is 11.6 Å². The van der Waals surface area contributed by atoms with Gasteiger partial charge in [0.15, 0.2) is 0 Å².